The van der Waals surface area contributed by atoms with Gasteiger partial charge in [0.1, 0.15) is 12.4 Å². The molecule has 0 bridgehead atoms. The van der Waals surface area contributed by atoms with Gasteiger partial charge in [0.25, 0.3) is 0 Å². The highest BCUT2D eigenvalue weighted by atomic mass is 16.4. The lowest BCUT2D eigenvalue weighted by molar-refractivity contribution is -0.132. The summed E-state index contributed by atoms with van der Waals surface area (Å²) in [5.74, 6) is 0.350. The zero-order valence-electron chi connectivity index (χ0n) is 13.7. The number of piperazine rings is 1. The van der Waals surface area contributed by atoms with Crippen LogP contribution in [0.4, 0.5) is 5.82 Å². The Bertz CT molecular complexity index is 940. The Morgan fingerprint density at radius 1 is 1.04 bits per heavy atom. The van der Waals surface area contributed by atoms with E-state index >= 15 is 0 Å². The van der Waals surface area contributed by atoms with Crippen LogP contribution in [0.15, 0.2) is 57.9 Å². The van der Waals surface area contributed by atoms with Crippen LogP contribution in [0.1, 0.15) is 0 Å². The largest absolute Gasteiger partial charge is 0.420 e. The number of nitrogens with zero attached hydrogens (tertiary/aromatic N) is 4. The van der Waals surface area contributed by atoms with Crippen LogP contribution < -0.4 is 10.7 Å². The van der Waals surface area contributed by atoms with Crippen LogP contribution >= 0.6 is 0 Å². The predicted molar refractivity (Wildman–Crippen MR) is 93.5 cm³/mol. The quantitative estimate of drug-likeness (QED) is 0.721. The Morgan fingerprint density at radius 2 is 1.80 bits per heavy atom. The van der Waals surface area contributed by atoms with Crippen molar-refractivity contribution >= 4 is 22.8 Å². The Morgan fingerprint density at radius 3 is 2.56 bits per heavy atom. The molecule has 7 heteroatoms. The van der Waals surface area contributed by atoms with Crippen LogP contribution in [0.3, 0.4) is 0 Å². The number of aromatic nitrogens is 2. The smallest absolute Gasteiger partial charge is 0.408 e. The molecule has 1 aromatic carbocycles. The van der Waals surface area contributed by atoms with Crippen molar-refractivity contribution in [3.63, 3.8) is 0 Å². The molecule has 2 aromatic heterocycles. The summed E-state index contributed by atoms with van der Waals surface area (Å²) < 4.78 is 6.57. The molecule has 1 fully saturated rings. The molecule has 1 aliphatic heterocycles. The van der Waals surface area contributed by atoms with E-state index in [4.69, 9.17) is 4.42 Å². The van der Waals surface area contributed by atoms with Gasteiger partial charge in [-0.15, -0.1) is 0 Å². The third kappa shape index (κ3) is 3.00. The fraction of sp³-hybridized carbons (Fsp3) is 0.278. The number of oxazole rings is 1. The Hall–Kier alpha value is -3.09. The van der Waals surface area contributed by atoms with Gasteiger partial charge >= 0.3 is 5.76 Å². The van der Waals surface area contributed by atoms with Crippen molar-refractivity contribution in [3.8, 4) is 0 Å². The van der Waals surface area contributed by atoms with Crippen LogP contribution in [0, 0.1) is 0 Å². The number of amides is 1. The van der Waals surface area contributed by atoms with Crippen LogP contribution in [-0.4, -0.2) is 46.5 Å². The Labute approximate surface area is 144 Å². The molecule has 3 aromatic rings. The molecule has 0 spiro atoms. The van der Waals surface area contributed by atoms with Crippen molar-refractivity contribution < 1.29 is 9.21 Å². The van der Waals surface area contributed by atoms with Crippen molar-refractivity contribution in [2.24, 2.45) is 0 Å². The first-order valence-corrected chi connectivity index (χ1v) is 8.24. The molecule has 1 amide bonds. The number of fused-ring (bicyclic) bond motifs is 1. The summed E-state index contributed by atoms with van der Waals surface area (Å²) in [5, 5.41) is 0. The summed E-state index contributed by atoms with van der Waals surface area (Å²) in [4.78, 5) is 32.9. The molecule has 128 valence electrons. The fourth-order valence-electron chi connectivity index (χ4n) is 3.12. The standard InChI is InChI=1S/C18H18N4O3/c23-17(13-22-14-5-1-2-6-15(14)25-18(22)24)21-11-9-20(10-12-21)16-7-3-4-8-19-16/h1-8H,9-13H2. The second kappa shape index (κ2) is 6.43. The summed E-state index contributed by atoms with van der Waals surface area (Å²) >= 11 is 0. The van der Waals surface area contributed by atoms with E-state index in [1.54, 1.807) is 29.3 Å². The molecule has 1 aliphatic rings. The topological polar surface area (TPSA) is 71.6 Å². The number of pyridine rings is 1. The third-order valence-electron chi connectivity index (χ3n) is 4.47. The molecule has 0 atom stereocenters. The van der Waals surface area contributed by atoms with Gasteiger partial charge < -0.3 is 14.2 Å². The second-order valence-electron chi connectivity index (χ2n) is 5.98. The van der Waals surface area contributed by atoms with Gasteiger partial charge in [-0.05, 0) is 24.3 Å². The van der Waals surface area contributed by atoms with Crippen LogP contribution in [-0.2, 0) is 11.3 Å². The Kier molecular flexibility index (Phi) is 3.97. The number of rotatable bonds is 3. The molecule has 0 radical (unpaired) electrons. The monoisotopic (exact) mass is 338 g/mol. The van der Waals surface area contributed by atoms with Crippen LogP contribution in [0.5, 0.6) is 0 Å². The van der Waals surface area contributed by atoms with Gasteiger partial charge in [-0.3, -0.25) is 9.36 Å². The zero-order valence-corrected chi connectivity index (χ0v) is 13.7. The van der Waals surface area contributed by atoms with Gasteiger partial charge in [0.05, 0.1) is 5.52 Å². The first-order valence-electron chi connectivity index (χ1n) is 8.24. The fourth-order valence-corrected chi connectivity index (χ4v) is 3.12. The average molecular weight is 338 g/mol. The zero-order chi connectivity index (χ0) is 17.2. The third-order valence-corrected chi connectivity index (χ3v) is 4.47. The van der Waals surface area contributed by atoms with Gasteiger partial charge in [-0.2, -0.15) is 0 Å². The van der Waals surface area contributed by atoms with E-state index in [0.717, 1.165) is 18.9 Å². The van der Waals surface area contributed by atoms with Crippen LogP contribution in [0.2, 0.25) is 0 Å². The van der Waals surface area contributed by atoms with E-state index in [9.17, 15) is 9.59 Å². The second-order valence-corrected chi connectivity index (χ2v) is 5.98. The summed E-state index contributed by atoms with van der Waals surface area (Å²) in [6.45, 7) is 2.67. The molecule has 0 N–H and O–H groups in total. The molecular formula is C18H18N4O3. The minimum atomic E-state index is -0.498. The number of para-hydroxylation sites is 2. The van der Waals surface area contributed by atoms with Crippen molar-refractivity contribution in [2.75, 3.05) is 31.1 Å². The molecule has 25 heavy (non-hydrogen) atoms. The van der Waals surface area contributed by atoms with E-state index in [1.807, 2.05) is 24.3 Å². The number of hydrogen-bond acceptors (Lipinski definition) is 5. The number of anilines is 1. The molecule has 0 saturated carbocycles. The maximum Gasteiger partial charge on any atom is 0.420 e. The van der Waals surface area contributed by atoms with Gasteiger partial charge in [0.15, 0.2) is 5.58 Å². The first-order chi connectivity index (χ1) is 12.2. The summed E-state index contributed by atoms with van der Waals surface area (Å²) in [7, 11) is 0. The van der Waals surface area contributed by atoms with Crippen molar-refractivity contribution in [3.05, 3.63) is 59.2 Å². The lowest BCUT2D eigenvalue weighted by Gasteiger charge is -2.35. The van der Waals surface area contributed by atoms with Crippen molar-refractivity contribution in [1.29, 1.82) is 0 Å². The lowest BCUT2D eigenvalue weighted by atomic mass is 10.3. The summed E-state index contributed by atoms with van der Waals surface area (Å²) in [6.07, 6.45) is 1.77. The highest BCUT2D eigenvalue weighted by molar-refractivity contribution is 5.79. The molecule has 3 heterocycles. The number of carbonyl (C=O) groups excluding carboxylic acids is 1. The number of carbonyl (C=O) groups is 1. The minimum Gasteiger partial charge on any atom is -0.408 e. The molecule has 1 saturated heterocycles. The highest BCUT2D eigenvalue weighted by Crippen LogP contribution is 2.14. The highest BCUT2D eigenvalue weighted by Gasteiger charge is 2.23. The summed E-state index contributed by atoms with van der Waals surface area (Å²) in [6, 6.07) is 12.9. The van der Waals surface area contributed by atoms with E-state index < -0.39 is 5.76 Å². The molecule has 0 aliphatic carbocycles. The van der Waals surface area contributed by atoms with E-state index in [2.05, 4.69) is 9.88 Å². The van der Waals surface area contributed by atoms with Gasteiger partial charge in [-0.25, -0.2) is 9.78 Å². The SMILES string of the molecule is O=C(Cn1c(=O)oc2ccccc21)N1CCN(c2ccccn2)CC1. The van der Waals surface area contributed by atoms with Crippen molar-refractivity contribution in [2.45, 2.75) is 6.54 Å². The minimum absolute atomic E-state index is 0.000562. The van der Waals surface area contributed by atoms with E-state index in [1.165, 1.54) is 4.57 Å². The predicted octanol–water partition coefficient (Wildman–Crippen LogP) is 1.34. The van der Waals surface area contributed by atoms with Crippen LogP contribution in [0.25, 0.3) is 11.1 Å². The number of hydrogen-bond donors (Lipinski definition) is 0. The van der Waals surface area contributed by atoms with E-state index in [-0.39, 0.29) is 12.5 Å². The van der Waals surface area contributed by atoms with Gasteiger partial charge in [0.2, 0.25) is 5.91 Å². The number of benzene rings is 1. The van der Waals surface area contributed by atoms with E-state index in [0.29, 0.717) is 24.2 Å². The van der Waals surface area contributed by atoms with Gasteiger partial charge in [-0.1, -0.05) is 18.2 Å². The summed E-state index contributed by atoms with van der Waals surface area (Å²) in [5.41, 5.74) is 1.15. The van der Waals surface area contributed by atoms with Crippen molar-refractivity contribution in [1.82, 2.24) is 14.5 Å². The maximum absolute atomic E-state index is 12.6. The van der Waals surface area contributed by atoms with Gasteiger partial charge in [0, 0.05) is 32.4 Å². The molecule has 4 rings (SSSR count). The Balaban J connectivity index is 1.44. The maximum atomic E-state index is 12.6. The normalized spacial score (nSPS) is 14.9. The molecular weight excluding hydrogens is 320 g/mol. The lowest BCUT2D eigenvalue weighted by Crippen LogP contribution is -2.50. The average Bonchev–Trinajstić information content (AvgIpc) is 2.98. The first kappa shape index (κ1) is 15.4. The molecule has 7 nitrogen and oxygen atoms in total. The molecule has 0 unspecified atom stereocenters.